The van der Waals surface area contributed by atoms with Crippen molar-refractivity contribution in [1.82, 2.24) is 0 Å². The van der Waals surface area contributed by atoms with E-state index in [4.69, 9.17) is 0 Å². The molecule has 1 nitrogen and oxygen atoms in total. The predicted molar refractivity (Wildman–Crippen MR) is 238 cm³/mol. The first-order valence-corrected chi connectivity index (χ1v) is 20.0. The molecule has 272 valence electrons. The van der Waals surface area contributed by atoms with Crippen LogP contribution >= 0.6 is 0 Å². The van der Waals surface area contributed by atoms with E-state index in [0.29, 0.717) is 5.75 Å². The van der Waals surface area contributed by atoms with Gasteiger partial charge in [0.15, 0.2) is 0 Å². The van der Waals surface area contributed by atoms with Gasteiger partial charge in [0.25, 0.3) is 0 Å². The highest BCUT2D eigenvalue weighted by atomic mass is 16.3. The van der Waals surface area contributed by atoms with Crippen molar-refractivity contribution in [3.63, 3.8) is 0 Å². The third kappa shape index (κ3) is 7.55. The highest BCUT2D eigenvalue weighted by Crippen LogP contribution is 2.58. The van der Waals surface area contributed by atoms with Gasteiger partial charge < -0.3 is 5.11 Å². The van der Waals surface area contributed by atoms with E-state index < -0.39 is 0 Å². The molecule has 0 unspecified atom stereocenters. The van der Waals surface area contributed by atoms with Crippen LogP contribution in [-0.4, -0.2) is 5.11 Å². The van der Waals surface area contributed by atoms with Crippen LogP contribution in [0.4, 0.5) is 0 Å². The van der Waals surface area contributed by atoms with Gasteiger partial charge in [-0.05, 0) is 106 Å². The Hall–Kier alpha value is -5.66. The maximum atomic E-state index is 9.99. The van der Waals surface area contributed by atoms with E-state index in [1.807, 2.05) is 12.1 Å². The smallest absolute Gasteiger partial charge is 0.116 e. The molecule has 1 heteroatoms. The van der Waals surface area contributed by atoms with Gasteiger partial charge >= 0.3 is 0 Å². The van der Waals surface area contributed by atoms with E-state index in [-0.39, 0.29) is 0 Å². The van der Waals surface area contributed by atoms with Crippen molar-refractivity contribution < 1.29 is 5.11 Å². The van der Waals surface area contributed by atoms with Crippen LogP contribution < -0.4 is 0 Å². The zero-order chi connectivity index (χ0) is 38.0. The van der Waals surface area contributed by atoms with Gasteiger partial charge in [-0.25, -0.2) is 0 Å². The lowest BCUT2D eigenvalue weighted by molar-refractivity contribution is 0.476. The number of benzene rings is 8. The van der Waals surface area contributed by atoms with Crippen molar-refractivity contribution in [1.29, 1.82) is 0 Å². The van der Waals surface area contributed by atoms with Crippen molar-refractivity contribution >= 4 is 32.3 Å². The minimum absolute atomic E-state index is 0.291. The van der Waals surface area contributed by atoms with Crippen molar-refractivity contribution in [2.75, 3.05) is 0 Å². The molecular weight excluding hydrogens is 653 g/mol. The Balaban J connectivity index is 0.000000404. The van der Waals surface area contributed by atoms with Crippen LogP contribution in [0.25, 0.3) is 88.0 Å². The molecule has 1 aliphatic rings. The van der Waals surface area contributed by atoms with Crippen molar-refractivity contribution in [3.05, 3.63) is 152 Å². The van der Waals surface area contributed by atoms with Gasteiger partial charge in [-0.3, -0.25) is 0 Å². The number of aromatic hydroxyl groups is 1. The molecule has 9 rings (SSSR count). The van der Waals surface area contributed by atoms with E-state index in [9.17, 15) is 5.11 Å². The second-order valence-corrected chi connectivity index (χ2v) is 14.1. The fraction of sp³-hybridized carbons (Fsp3) is 0.208. The lowest BCUT2D eigenvalue weighted by Gasteiger charge is -2.20. The Morgan fingerprint density at radius 3 is 1.33 bits per heavy atom. The molecule has 0 aromatic heterocycles. The molecule has 0 atom stereocenters. The van der Waals surface area contributed by atoms with Crippen LogP contribution in [-0.2, 0) is 0 Å². The van der Waals surface area contributed by atoms with E-state index in [0.717, 1.165) is 10.8 Å². The maximum absolute atomic E-state index is 9.99. The first-order valence-electron chi connectivity index (χ1n) is 20.0. The van der Waals surface area contributed by atoms with Gasteiger partial charge in [0.2, 0.25) is 0 Å². The number of unbranched alkanes of at least 4 members (excludes halogenated alkanes) is 2. The molecule has 8 aromatic rings. The van der Waals surface area contributed by atoms with E-state index in [1.54, 1.807) is 6.07 Å². The lowest BCUT2D eigenvalue weighted by Crippen LogP contribution is -1.93. The Bertz CT molecular complexity index is 2370. The first-order chi connectivity index (χ1) is 26.5. The third-order valence-corrected chi connectivity index (χ3v) is 10.1. The maximum Gasteiger partial charge on any atom is 0.116 e. The molecule has 54 heavy (non-hydrogen) atoms. The van der Waals surface area contributed by atoms with Gasteiger partial charge in [0.1, 0.15) is 5.75 Å². The fourth-order valence-electron chi connectivity index (χ4n) is 7.26. The normalized spacial score (nSPS) is 10.9. The summed E-state index contributed by atoms with van der Waals surface area (Å²) in [5.41, 5.74) is 12.7. The van der Waals surface area contributed by atoms with Crippen molar-refractivity contribution in [3.8, 4) is 61.4 Å². The Morgan fingerprint density at radius 2 is 0.796 bits per heavy atom. The zero-order valence-corrected chi connectivity index (χ0v) is 32.9. The average Bonchev–Trinajstić information content (AvgIpc) is 3.55. The molecule has 0 saturated carbocycles. The summed E-state index contributed by atoms with van der Waals surface area (Å²) < 4.78 is 0. The molecule has 8 aromatic carbocycles. The molecule has 1 aliphatic carbocycles. The monoisotopic (exact) mass is 706 g/mol. The summed E-state index contributed by atoms with van der Waals surface area (Å²) in [7, 11) is 0. The van der Waals surface area contributed by atoms with Crippen LogP contribution in [0.15, 0.2) is 152 Å². The molecule has 1 N–H and O–H groups in total. The van der Waals surface area contributed by atoms with Gasteiger partial charge in [-0.15, -0.1) is 0 Å². The standard InChI is InChI=1S/C42H26O.2C4H10.C3H8/c43-31-21-20-28-24-30(19-18-29(28)25-31)32-22-23-37-40-33(32)16-9-17-36(40)41-38(26-10-3-1-4-11-26)34-14-7-8-15-35(34)39(42(37)41)27-12-5-2-6-13-27;2*1-3-4-2;1-3-2/h1-25,43H;2*3-4H2,1-2H3;3H2,1-2H3. The summed E-state index contributed by atoms with van der Waals surface area (Å²) in [5.74, 6) is 0.291. The largest absolute Gasteiger partial charge is 0.508 e. The van der Waals surface area contributed by atoms with Crippen molar-refractivity contribution in [2.24, 2.45) is 0 Å². The average molecular weight is 707 g/mol. The van der Waals surface area contributed by atoms with Gasteiger partial charge in [-0.2, -0.15) is 0 Å². The molecule has 0 spiro atoms. The first kappa shape index (κ1) is 38.1. The summed E-state index contributed by atoms with van der Waals surface area (Å²) in [6, 6.07) is 54.1. The Labute approximate surface area is 323 Å². The van der Waals surface area contributed by atoms with E-state index in [2.05, 4.69) is 175 Å². The third-order valence-electron chi connectivity index (χ3n) is 10.1. The highest BCUT2D eigenvalue weighted by molar-refractivity contribution is 6.28. The summed E-state index contributed by atoms with van der Waals surface area (Å²) in [6.45, 7) is 13.0. The number of phenols is 1. The molecule has 0 fully saturated rings. The quantitative estimate of drug-likeness (QED) is 0.189. The van der Waals surface area contributed by atoms with Crippen LogP contribution in [0.2, 0.25) is 0 Å². The number of hydrogen-bond donors (Lipinski definition) is 1. The predicted octanol–water partition coefficient (Wildman–Crippen LogP) is 16.5. The Kier molecular flexibility index (Phi) is 12.6. The minimum atomic E-state index is 0.291. The van der Waals surface area contributed by atoms with Crippen LogP contribution in [0.3, 0.4) is 0 Å². The number of fused-ring (bicyclic) bond motifs is 5. The molecular formula is C53H54O. The number of phenolic OH excluding ortho intramolecular Hbond substituents is 1. The molecule has 0 heterocycles. The second-order valence-electron chi connectivity index (χ2n) is 14.1. The molecule has 0 aliphatic heterocycles. The van der Waals surface area contributed by atoms with Gasteiger partial charge in [0, 0.05) is 0 Å². The van der Waals surface area contributed by atoms with Gasteiger partial charge in [-0.1, -0.05) is 207 Å². The van der Waals surface area contributed by atoms with E-state index in [1.165, 1.54) is 109 Å². The number of hydrogen-bond acceptors (Lipinski definition) is 1. The van der Waals surface area contributed by atoms with Crippen molar-refractivity contribution in [2.45, 2.75) is 73.6 Å². The summed E-state index contributed by atoms with van der Waals surface area (Å²) in [5, 5.41) is 17.3. The second kappa shape index (κ2) is 17.9. The van der Waals surface area contributed by atoms with Crippen LogP contribution in [0, 0.1) is 0 Å². The minimum Gasteiger partial charge on any atom is -0.508 e. The lowest BCUT2D eigenvalue weighted by atomic mass is 9.82. The van der Waals surface area contributed by atoms with Crippen LogP contribution in [0.1, 0.15) is 73.6 Å². The summed E-state index contributed by atoms with van der Waals surface area (Å²) in [4.78, 5) is 0. The molecule has 0 saturated heterocycles. The van der Waals surface area contributed by atoms with Crippen LogP contribution in [0.5, 0.6) is 5.75 Å². The summed E-state index contributed by atoms with van der Waals surface area (Å²) >= 11 is 0. The highest BCUT2D eigenvalue weighted by Gasteiger charge is 2.31. The zero-order valence-electron chi connectivity index (χ0n) is 32.9. The van der Waals surface area contributed by atoms with Gasteiger partial charge in [0.05, 0.1) is 0 Å². The SMILES string of the molecule is CCC.CCCC.CCCC.Oc1ccc2cc(-c3ccc4c5c(cccc35)-c3c-4c(-c4ccccc4)c4ccccc4c3-c3ccccc3)ccc2c1. The molecule has 0 amide bonds. The topological polar surface area (TPSA) is 20.2 Å². The van der Waals surface area contributed by atoms with E-state index >= 15 is 0 Å². The fourth-order valence-corrected chi connectivity index (χ4v) is 7.26. The summed E-state index contributed by atoms with van der Waals surface area (Å²) in [6.07, 6.45) is 6.53. The Morgan fingerprint density at radius 1 is 0.352 bits per heavy atom. The molecule has 0 radical (unpaired) electrons. The number of rotatable bonds is 5. The molecule has 0 bridgehead atoms.